The number of hydrogen-bond donors (Lipinski definition) is 2. The van der Waals surface area contributed by atoms with Crippen LogP contribution in [-0.2, 0) is 0 Å². The second-order valence-corrected chi connectivity index (χ2v) is 7.82. The molecule has 4 aromatic rings. The van der Waals surface area contributed by atoms with Crippen LogP contribution in [0, 0.1) is 6.92 Å². The molecule has 2 aromatic heterocycles. The Morgan fingerprint density at radius 1 is 1.17 bits per heavy atom. The minimum Gasteiger partial charge on any atom is -0.495 e. The third-order valence-electron chi connectivity index (χ3n) is 5.57. The maximum atomic E-state index is 6.43. The van der Waals surface area contributed by atoms with Crippen molar-refractivity contribution in [2.75, 3.05) is 43.5 Å². The van der Waals surface area contributed by atoms with Crippen molar-refractivity contribution in [1.29, 1.82) is 0 Å². The molecule has 0 amide bonds. The molecule has 0 aliphatic carbocycles. The van der Waals surface area contributed by atoms with Crippen molar-refractivity contribution in [3.05, 3.63) is 53.4 Å². The number of benzene rings is 2. The van der Waals surface area contributed by atoms with Gasteiger partial charge in [0.05, 0.1) is 47.1 Å². The number of imidazole rings is 1. The van der Waals surface area contributed by atoms with Gasteiger partial charge in [0.25, 0.3) is 0 Å². The van der Waals surface area contributed by atoms with E-state index in [9.17, 15) is 0 Å². The number of anilines is 3. The molecule has 154 valence electrons. The first-order valence-corrected chi connectivity index (χ1v) is 10.3. The Labute approximate surface area is 179 Å². The van der Waals surface area contributed by atoms with E-state index < -0.39 is 0 Å². The number of nitrogens with one attached hydrogen (secondary N) is 2. The highest BCUT2D eigenvalue weighted by Crippen LogP contribution is 2.36. The fraction of sp³-hybridized carbons (Fsp3) is 0.273. The van der Waals surface area contributed by atoms with Crippen molar-refractivity contribution in [2.24, 2.45) is 0 Å². The summed E-state index contributed by atoms with van der Waals surface area (Å²) in [5.74, 6) is 1.52. The van der Waals surface area contributed by atoms with E-state index in [0.29, 0.717) is 10.8 Å². The molecule has 2 aromatic carbocycles. The number of fused-ring (bicyclic) bond motifs is 3. The minimum atomic E-state index is 0.654. The number of aryl methyl sites for hydroxylation is 1. The van der Waals surface area contributed by atoms with Crippen LogP contribution in [0.5, 0.6) is 5.75 Å². The van der Waals surface area contributed by atoms with Crippen LogP contribution in [0.2, 0.25) is 5.02 Å². The summed E-state index contributed by atoms with van der Waals surface area (Å²) in [6, 6.07) is 9.97. The van der Waals surface area contributed by atoms with Gasteiger partial charge in [-0.2, -0.15) is 0 Å². The molecule has 8 heteroatoms. The zero-order valence-electron chi connectivity index (χ0n) is 16.9. The molecule has 0 bridgehead atoms. The standard InChI is InChI=1S/C22H23ClN6O/c1-14-4-3-5-15(23)21(14)27-22-19-12-25-13-29(19)17-11-18(28-8-6-24-7-9-28)20(30-2)10-16(17)26-22/h3-5,10-13,24H,6-9H2,1-2H3,(H,26,27). The topological polar surface area (TPSA) is 66.7 Å². The van der Waals surface area contributed by atoms with Gasteiger partial charge in [-0.3, -0.25) is 4.40 Å². The summed E-state index contributed by atoms with van der Waals surface area (Å²) >= 11 is 6.43. The van der Waals surface area contributed by atoms with Crippen LogP contribution in [0.1, 0.15) is 5.56 Å². The van der Waals surface area contributed by atoms with Gasteiger partial charge < -0.3 is 20.3 Å². The molecule has 0 atom stereocenters. The molecule has 0 radical (unpaired) electrons. The third-order valence-corrected chi connectivity index (χ3v) is 5.89. The van der Waals surface area contributed by atoms with Gasteiger partial charge in [-0.25, -0.2) is 9.97 Å². The van der Waals surface area contributed by atoms with E-state index in [1.165, 1.54) is 0 Å². The van der Waals surface area contributed by atoms with E-state index in [1.807, 2.05) is 43.7 Å². The lowest BCUT2D eigenvalue weighted by atomic mass is 10.2. The molecule has 5 rings (SSSR count). The monoisotopic (exact) mass is 422 g/mol. The molecule has 1 saturated heterocycles. The number of aromatic nitrogens is 3. The van der Waals surface area contributed by atoms with Crippen molar-refractivity contribution >= 4 is 45.3 Å². The molecule has 1 aliphatic rings. The molecule has 1 aliphatic heterocycles. The summed E-state index contributed by atoms with van der Waals surface area (Å²) in [6.45, 7) is 5.81. The van der Waals surface area contributed by atoms with Crippen LogP contribution < -0.4 is 20.3 Å². The Bertz CT molecular complexity index is 1210. The summed E-state index contributed by atoms with van der Waals surface area (Å²) in [4.78, 5) is 11.6. The molecular weight excluding hydrogens is 400 g/mol. The fourth-order valence-corrected chi connectivity index (χ4v) is 4.26. The van der Waals surface area contributed by atoms with Crippen LogP contribution in [0.4, 0.5) is 17.2 Å². The summed E-state index contributed by atoms with van der Waals surface area (Å²) in [6.07, 6.45) is 3.63. The van der Waals surface area contributed by atoms with Gasteiger partial charge in [-0.1, -0.05) is 23.7 Å². The van der Waals surface area contributed by atoms with Gasteiger partial charge in [0.1, 0.15) is 11.3 Å². The van der Waals surface area contributed by atoms with Crippen LogP contribution >= 0.6 is 11.6 Å². The van der Waals surface area contributed by atoms with Gasteiger partial charge in [0.15, 0.2) is 5.82 Å². The number of methoxy groups -OCH3 is 1. The summed E-state index contributed by atoms with van der Waals surface area (Å²) in [5.41, 5.74) is 5.66. The van der Waals surface area contributed by atoms with Gasteiger partial charge in [-0.05, 0) is 24.6 Å². The second kappa shape index (κ2) is 7.66. The largest absolute Gasteiger partial charge is 0.495 e. The zero-order valence-corrected chi connectivity index (χ0v) is 17.7. The van der Waals surface area contributed by atoms with E-state index in [2.05, 4.69) is 31.0 Å². The molecule has 2 N–H and O–H groups in total. The molecule has 0 unspecified atom stereocenters. The first kappa shape index (κ1) is 19.0. The highest BCUT2D eigenvalue weighted by Gasteiger charge is 2.19. The minimum absolute atomic E-state index is 0.654. The highest BCUT2D eigenvalue weighted by atomic mass is 35.5. The lowest BCUT2D eigenvalue weighted by molar-refractivity contribution is 0.413. The van der Waals surface area contributed by atoms with E-state index >= 15 is 0 Å². The van der Waals surface area contributed by atoms with Crippen LogP contribution in [0.15, 0.2) is 42.9 Å². The van der Waals surface area contributed by atoms with E-state index in [1.54, 1.807) is 7.11 Å². The third kappa shape index (κ3) is 3.20. The number of nitrogens with zero attached hydrogens (tertiary/aromatic N) is 4. The molecule has 1 fully saturated rings. The summed E-state index contributed by atoms with van der Waals surface area (Å²) < 4.78 is 7.79. The molecule has 0 saturated carbocycles. The Kier molecular flexibility index (Phi) is 4.84. The average molecular weight is 423 g/mol. The van der Waals surface area contributed by atoms with Crippen LogP contribution in [0.3, 0.4) is 0 Å². The number of hydrogen-bond acceptors (Lipinski definition) is 6. The molecule has 7 nitrogen and oxygen atoms in total. The van der Waals surface area contributed by atoms with Crippen molar-refractivity contribution in [3.63, 3.8) is 0 Å². The number of para-hydroxylation sites is 1. The van der Waals surface area contributed by atoms with Crippen molar-refractivity contribution in [3.8, 4) is 5.75 Å². The van der Waals surface area contributed by atoms with Crippen LogP contribution in [-0.4, -0.2) is 47.7 Å². The van der Waals surface area contributed by atoms with Gasteiger partial charge in [-0.15, -0.1) is 0 Å². The Hall–Kier alpha value is -3.03. The summed E-state index contributed by atoms with van der Waals surface area (Å²) in [5, 5.41) is 7.46. The van der Waals surface area contributed by atoms with E-state index in [4.69, 9.17) is 21.3 Å². The number of ether oxygens (including phenoxy) is 1. The maximum absolute atomic E-state index is 6.43. The first-order valence-electron chi connectivity index (χ1n) is 9.97. The van der Waals surface area contributed by atoms with Gasteiger partial charge >= 0.3 is 0 Å². The maximum Gasteiger partial charge on any atom is 0.157 e. The Balaban J connectivity index is 1.68. The van der Waals surface area contributed by atoms with Gasteiger partial charge in [0.2, 0.25) is 0 Å². The predicted molar refractivity (Wildman–Crippen MR) is 122 cm³/mol. The lowest BCUT2D eigenvalue weighted by Crippen LogP contribution is -2.43. The first-order chi connectivity index (χ1) is 14.7. The predicted octanol–water partition coefficient (Wildman–Crippen LogP) is 4.01. The van der Waals surface area contributed by atoms with Crippen molar-refractivity contribution in [2.45, 2.75) is 6.92 Å². The highest BCUT2D eigenvalue weighted by molar-refractivity contribution is 6.33. The average Bonchev–Trinajstić information content (AvgIpc) is 3.26. The Morgan fingerprint density at radius 3 is 2.77 bits per heavy atom. The number of halogens is 1. The molecule has 30 heavy (non-hydrogen) atoms. The fourth-order valence-electron chi connectivity index (χ4n) is 3.99. The Morgan fingerprint density at radius 2 is 2.00 bits per heavy atom. The number of rotatable bonds is 4. The second-order valence-electron chi connectivity index (χ2n) is 7.42. The zero-order chi connectivity index (χ0) is 20.7. The normalized spacial score (nSPS) is 14.4. The van der Waals surface area contributed by atoms with Crippen molar-refractivity contribution in [1.82, 2.24) is 19.7 Å². The number of piperazine rings is 1. The van der Waals surface area contributed by atoms with Gasteiger partial charge in [0, 0.05) is 32.2 Å². The van der Waals surface area contributed by atoms with E-state index in [0.717, 1.165) is 65.4 Å². The quantitative estimate of drug-likeness (QED) is 0.518. The molecular formula is C22H23ClN6O. The molecule has 3 heterocycles. The lowest BCUT2D eigenvalue weighted by Gasteiger charge is -2.30. The molecule has 0 spiro atoms. The SMILES string of the molecule is COc1cc2nc(Nc3c(C)cccc3Cl)c3cncn3c2cc1N1CCNCC1. The van der Waals surface area contributed by atoms with E-state index in [-0.39, 0.29) is 0 Å². The van der Waals surface area contributed by atoms with Crippen molar-refractivity contribution < 1.29 is 4.74 Å². The summed E-state index contributed by atoms with van der Waals surface area (Å²) in [7, 11) is 1.70. The van der Waals surface area contributed by atoms with Crippen LogP contribution in [0.25, 0.3) is 16.6 Å². The smallest absolute Gasteiger partial charge is 0.157 e.